The number of benzene rings is 1. The van der Waals surface area contributed by atoms with Crippen LogP contribution in [-0.2, 0) is 15.6 Å². The molecule has 2 atom stereocenters. The molecular weight excluding hydrogens is 270 g/mol. The summed E-state index contributed by atoms with van der Waals surface area (Å²) < 4.78 is 11.4. The number of carbonyl (C=O) groups excluding carboxylic acids is 1. The van der Waals surface area contributed by atoms with E-state index < -0.39 is 10.8 Å². The van der Waals surface area contributed by atoms with Crippen LogP contribution >= 0.6 is 0 Å². The van der Waals surface area contributed by atoms with E-state index in [1.54, 1.807) is 0 Å². The van der Waals surface area contributed by atoms with Gasteiger partial charge in [-0.05, 0) is 11.5 Å². The van der Waals surface area contributed by atoms with E-state index in [4.69, 9.17) is 0 Å². The molecule has 20 heavy (non-hydrogen) atoms. The van der Waals surface area contributed by atoms with Crippen molar-refractivity contribution >= 4 is 16.7 Å². The van der Waals surface area contributed by atoms with Gasteiger partial charge in [0.05, 0.1) is 5.92 Å². The van der Waals surface area contributed by atoms with E-state index in [1.807, 2.05) is 35.2 Å². The van der Waals surface area contributed by atoms with Crippen LogP contribution in [0.2, 0.25) is 0 Å². The summed E-state index contributed by atoms with van der Waals surface area (Å²) in [6.07, 6.45) is 0.977. The minimum Gasteiger partial charge on any atom is -0.340 e. The Balaban J connectivity index is 2.19. The second kappa shape index (κ2) is 7.02. The standard InChI is InChI=1S/C16H23NO2S/c1-3-13(2)15(14-7-5-4-6-8-14)16(18)17-9-11-20(19)12-10-17/h4-8,13,15H,3,9-12H2,1-2H3/t13-,15+/m1/s1. The Kier molecular flexibility index (Phi) is 5.35. The minimum atomic E-state index is -0.742. The van der Waals surface area contributed by atoms with E-state index in [0.717, 1.165) is 12.0 Å². The maximum atomic E-state index is 12.8. The molecule has 0 saturated carbocycles. The molecule has 0 unspecified atom stereocenters. The summed E-state index contributed by atoms with van der Waals surface area (Å²) in [7, 11) is -0.742. The van der Waals surface area contributed by atoms with Crippen LogP contribution in [0.3, 0.4) is 0 Å². The van der Waals surface area contributed by atoms with Crippen LogP contribution < -0.4 is 0 Å². The highest BCUT2D eigenvalue weighted by Gasteiger charge is 2.31. The Morgan fingerprint density at radius 2 is 1.85 bits per heavy atom. The Bertz CT molecular complexity index is 465. The van der Waals surface area contributed by atoms with Crippen molar-refractivity contribution in [3.63, 3.8) is 0 Å². The second-order valence-electron chi connectivity index (χ2n) is 5.45. The largest absolute Gasteiger partial charge is 0.340 e. The lowest BCUT2D eigenvalue weighted by Gasteiger charge is -2.32. The fourth-order valence-corrected chi connectivity index (χ4v) is 3.72. The van der Waals surface area contributed by atoms with Crippen molar-refractivity contribution < 1.29 is 9.00 Å². The number of hydrogen-bond acceptors (Lipinski definition) is 2. The van der Waals surface area contributed by atoms with Crippen LogP contribution in [0.15, 0.2) is 30.3 Å². The molecular formula is C16H23NO2S. The second-order valence-corrected chi connectivity index (χ2v) is 7.14. The van der Waals surface area contributed by atoms with Crippen molar-refractivity contribution in [3.8, 4) is 0 Å². The minimum absolute atomic E-state index is 0.0762. The number of amides is 1. The van der Waals surface area contributed by atoms with Crippen LogP contribution in [-0.4, -0.2) is 39.6 Å². The molecule has 3 nitrogen and oxygen atoms in total. The van der Waals surface area contributed by atoms with Crippen LogP contribution in [0.1, 0.15) is 31.7 Å². The lowest BCUT2D eigenvalue weighted by Crippen LogP contribution is -2.45. The molecule has 0 radical (unpaired) electrons. The van der Waals surface area contributed by atoms with Crippen molar-refractivity contribution in [2.75, 3.05) is 24.6 Å². The van der Waals surface area contributed by atoms with Gasteiger partial charge in [0.1, 0.15) is 0 Å². The molecule has 1 amide bonds. The summed E-state index contributed by atoms with van der Waals surface area (Å²) in [4.78, 5) is 14.7. The molecule has 4 heteroatoms. The van der Waals surface area contributed by atoms with Crippen molar-refractivity contribution in [3.05, 3.63) is 35.9 Å². The summed E-state index contributed by atoms with van der Waals surface area (Å²) in [5, 5.41) is 0. The Morgan fingerprint density at radius 3 is 2.40 bits per heavy atom. The summed E-state index contributed by atoms with van der Waals surface area (Å²) in [6.45, 7) is 5.52. The van der Waals surface area contributed by atoms with E-state index in [0.29, 0.717) is 30.5 Å². The Labute approximate surface area is 123 Å². The molecule has 2 rings (SSSR count). The molecule has 0 N–H and O–H groups in total. The number of hydrogen-bond donors (Lipinski definition) is 0. The Hall–Kier alpha value is -1.16. The van der Waals surface area contributed by atoms with E-state index >= 15 is 0 Å². The third-order valence-corrected chi connectivity index (χ3v) is 5.40. The van der Waals surface area contributed by atoms with Gasteiger partial charge in [-0.2, -0.15) is 0 Å². The molecule has 1 saturated heterocycles. The highest BCUT2D eigenvalue weighted by molar-refractivity contribution is 7.85. The first-order chi connectivity index (χ1) is 9.63. The predicted molar refractivity (Wildman–Crippen MR) is 83.1 cm³/mol. The van der Waals surface area contributed by atoms with Gasteiger partial charge in [-0.1, -0.05) is 50.6 Å². The van der Waals surface area contributed by atoms with Gasteiger partial charge in [0.25, 0.3) is 0 Å². The van der Waals surface area contributed by atoms with Gasteiger partial charge in [0, 0.05) is 35.4 Å². The predicted octanol–water partition coefficient (Wildman–Crippen LogP) is 2.41. The number of rotatable bonds is 4. The van der Waals surface area contributed by atoms with Gasteiger partial charge >= 0.3 is 0 Å². The number of nitrogens with zero attached hydrogens (tertiary/aromatic N) is 1. The summed E-state index contributed by atoms with van der Waals surface area (Å²) in [6, 6.07) is 10.0. The maximum Gasteiger partial charge on any atom is 0.230 e. The van der Waals surface area contributed by atoms with E-state index in [-0.39, 0.29) is 11.8 Å². The van der Waals surface area contributed by atoms with E-state index in [9.17, 15) is 9.00 Å². The summed E-state index contributed by atoms with van der Waals surface area (Å²) in [5.74, 6) is 1.67. The topological polar surface area (TPSA) is 37.4 Å². The fourth-order valence-electron chi connectivity index (χ4n) is 2.67. The summed E-state index contributed by atoms with van der Waals surface area (Å²) >= 11 is 0. The molecule has 1 heterocycles. The molecule has 0 aliphatic carbocycles. The van der Waals surface area contributed by atoms with Gasteiger partial charge < -0.3 is 4.90 Å². The molecule has 1 aliphatic heterocycles. The fraction of sp³-hybridized carbons (Fsp3) is 0.562. The zero-order chi connectivity index (χ0) is 14.5. The van der Waals surface area contributed by atoms with Crippen LogP contribution in [0.25, 0.3) is 0 Å². The van der Waals surface area contributed by atoms with Crippen LogP contribution in [0.5, 0.6) is 0 Å². The van der Waals surface area contributed by atoms with Gasteiger partial charge in [0.15, 0.2) is 0 Å². The molecule has 0 spiro atoms. The lowest BCUT2D eigenvalue weighted by molar-refractivity contribution is -0.133. The molecule has 1 fully saturated rings. The average Bonchev–Trinajstić information content (AvgIpc) is 2.49. The average molecular weight is 293 g/mol. The van der Waals surface area contributed by atoms with Crippen molar-refractivity contribution in [1.29, 1.82) is 0 Å². The highest BCUT2D eigenvalue weighted by Crippen LogP contribution is 2.29. The molecule has 1 aromatic rings. The first-order valence-electron chi connectivity index (χ1n) is 7.32. The molecule has 0 bridgehead atoms. The van der Waals surface area contributed by atoms with Crippen molar-refractivity contribution in [1.82, 2.24) is 4.90 Å². The van der Waals surface area contributed by atoms with E-state index in [1.165, 1.54) is 0 Å². The molecule has 110 valence electrons. The number of carbonyl (C=O) groups is 1. The highest BCUT2D eigenvalue weighted by atomic mass is 32.2. The SMILES string of the molecule is CC[C@@H](C)[C@H](C(=O)N1CCS(=O)CC1)c1ccccc1. The van der Waals surface area contributed by atoms with Crippen molar-refractivity contribution in [2.45, 2.75) is 26.2 Å². The first-order valence-corrected chi connectivity index (χ1v) is 8.81. The first kappa shape index (κ1) is 15.2. The third-order valence-electron chi connectivity index (χ3n) is 4.13. The zero-order valence-electron chi connectivity index (χ0n) is 12.2. The maximum absolute atomic E-state index is 12.8. The van der Waals surface area contributed by atoms with Gasteiger partial charge in [-0.25, -0.2) is 0 Å². The van der Waals surface area contributed by atoms with Crippen LogP contribution in [0.4, 0.5) is 0 Å². The zero-order valence-corrected chi connectivity index (χ0v) is 13.1. The van der Waals surface area contributed by atoms with Gasteiger partial charge in [0.2, 0.25) is 5.91 Å². The quantitative estimate of drug-likeness (QED) is 0.855. The molecule has 0 aromatic heterocycles. The van der Waals surface area contributed by atoms with Gasteiger partial charge in [-0.3, -0.25) is 9.00 Å². The molecule has 1 aromatic carbocycles. The smallest absolute Gasteiger partial charge is 0.230 e. The van der Waals surface area contributed by atoms with Crippen LogP contribution in [0, 0.1) is 5.92 Å². The Morgan fingerprint density at radius 1 is 1.25 bits per heavy atom. The monoisotopic (exact) mass is 293 g/mol. The van der Waals surface area contributed by atoms with E-state index in [2.05, 4.69) is 13.8 Å². The summed E-state index contributed by atoms with van der Waals surface area (Å²) in [5.41, 5.74) is 1.10. The molecule has 1 aliphatic rings. The lowest BCUT2D eigenvalue weighted by atomic mass is 9.84. The third kappa shape index (κ3) is 3.48. The van der Waals surface area contributed by atoms with Crippen molar-refractivity contribution in [2.24, 2.45) is 5.92 Å². The normalized spacial score (nSPS) is 19.6. The van der Waals surface area contributed by atoms with Gasteiger partial charge in [-0.15, -0.1) is 0 Å².